The average molecular weight is 235 g/mol. The molecule has 0 radical (unpaired) electrons. The van der Waals surface area contributed by atoms with Crippen LogP contribution in [0.25, 0.3) is 0 Å². The lowest BCUT2D eigenvalue weighted by Crippen LogP contribution is -2.17. The Kier molecular flexibility index (Phi) is 10.1. The third-order valence-electron chi connectivity index (χ3n) is 1.86. The molecule has 3 N–H and O–H groups in total. The number of primary amides is 1. The lowest BCUT2D eigenvalue weighted by molar-refractivity contribution is -0.000544. The monoisotopic (exact) mass is 235 g/mol. The van der Waals surface area contributed by atoms with E-state index in [4.69, 9.17) is 20.3 Å². The first-order valence-electron chi connectivity index (χ1n) is 5.39. The van der Waals surface area contributed by atoms with Crippen LogP contribution >= 0.6 is 0 Å². The fourth-order valence-electron chi connectivity index (χ4n) is 1.10. The molecule has 0 aromatic carbocycles. The maximum absolute atomic E-state index is 10.2. The van der Waals surface area contributed by atoms with Gasteiger partial charge in [0.25, 0.3) is 0 Å². The fourth-order valence-corrected chi connectivity index (χ4v) is 1.10. The number of ether oxygens (including phenoxy) is 3. The Labute approximate surface area is 95.7 Å². The highest BCUT2D eigenvalue weighted by molar-refractivity contribution is 5.64. The van der Waals surface area contributed by atoms with E-state index in [9.17, 15) is 4.79 Å². The largest absolute Gasteiger partial charge is 0.450 e. The van der Waals surface area contributed by atoms with Crippen molar-refractivity contribution in [3.8, 4) is 0 Å². The van der Waals surface area contributed by atoms with E-state index in [1.807, 2.05) is 6.92 Å². The number of aliphatic hydroxyl groups excluding tert-OH is 1. The predicted molar refractivity (Wildman–Crippen MR) is 58.1 cm³/mol. The van der Waals surface area contributed by atoms with Crippen LogP contribution in [0.3, 0.4) is 0 Å². The molecule has 0 aliphatic rings. The van der Waals surface area contributed by atoms with E-state index >= 15 is 0 Å². The molecule has 16 heavy (non-hydrogen) atoms. The third-order valence-corrected chi connectivity index (χ3v) is 1.86. The molecule has 1 unspecified atom stereocenters. The summed E-state index contributed by atoms with van der Waals surface area (Å²) in [5.41, 5.74) is 4.81. The smallest absolute Gasteiger partial charge is 0.404 e. The third kappa shape index (κ3) is 11.2. The molecular formula is C10H21NO5. The second-order valence-electron chi connectivity index (χ2n) is 3.33. The molecule has 6 nitrogen and oxygen atoms in total. The first-order chi connectivity index (χ1) is 7.66. The first kappa shape index (κ1) is 15.2. The van der Waals surface area contributed by atoms with Crippen LogP contribution in [0.4, 0.5) is 4.79 Å². The van der Waals surface area contributed by atoms with Gasteiger partial charge in [0.1, 0.15) is 0 Å². The molecule has 0 saturated carbocycles. The Morgan fingerprint density at radius 3 is 2.69 bits per heavy atom. The molecule has 0 aromatic rings. The standard InChI is InChI=1S/C10H21NO5/c1-9(3-2-5-16-10(11)13)15-8-7-14-6-4-12/h9,12H,2-8H2,1H3,(H2,11,13). The van der Waals surface area contributed by atoms with Gasteiger partial charge in [-0.3, -0.25) is 0 Å². The Balaban J connectivity index is 3.18. The summed E-state index contributed by atoms with van der Waals surface area (Å²) in [6.45, 7) is 3.60. The van der Waals surface area contributed by atoms with Crippen LogP contribution in [0.15, 0.2) is 0 Å². The van der Waals surface area contributed by atoms with Crippen LogP contribution in [0, 0.1) is 0 Å². The maximum atomic E-state index is 10.2. The highest BCUT2D eigenvalue weighted by Gasteiger charge is 2.02. The molecule has 0 heterocycles. The van der Waals surface area contributed by atoms with Crippen molar-refractivity contribution < 1.29 is 24.1 Å². The summed E-state index contributed by atoms with van der Waals surface area (Å²) in [5.74, 6) is 0. The van der Waals surface area contributed by atoms with Crippen LogP contribution in [0.2, 0.25) is 0 Å². The van der Waals surface area contributed by atoms with E-state index in [0.717, 1.165) is 12.8 Å². The number of amides is 1. The normalized spacial score (nSPS) is 12.4. The number of hydrogen-bond acceptors (Lipinski definition) is 5. The van der Waals surface area contributed by atoms with Crippen LogP contribution < -0.4 is 5.73 Å². The molecule has 1 amide bonds. The van der Waals surface area contributed by atoms with Gasteiger partial charge in [0.05, 0.1) is 39.1 Å². The number of carbonyl (C=O) groups is 1. The molecule has 0 saturated heterocycles. The molecule has 6 heteroatoms. The molecule has 0 aromatic heterocycles. The topological polar surface area (TPSA) is 91.0 Å². The lowest BCUT2D eigenvalue weighted by atomic mass is 10.2. The number of hydrogen-bond donors (Lipinski definition) is 2. The SMILES string of the molecule is CC(CCCOC(N)=O)OCCOCCO. The number of nitrogens with two attached hydrogens (primary N) is 1. The molecule has 0 aliphatic heterocycles. The Morgan fingerprint density at radius 2 is 2.06 bits per heavy atom. The van der Waals surface area contributed by atoms with Crippen molar-refractivity contribution in [2.45, 2.75) is 25.9 Å². The number of aliphatic hydroxyl groups is 1. The van der Waals surface area contributed by atoms with Gasteiger partial charge in [-0.2, -0.15) is 0 Å². The summed E-state index contributed by atoms with van der Waals surface area (Å²) in [6.07, 6.45) is 0.870. The maximum Gasteiger partial charge on any atom is 0.404 e. The summed E-state index contributed by atoms with van der Waals surface area (Å²) < 4.78 is 15.0. The summed E-state index contributed by atoms with van der Waals surface area (Å²) in [5, 5.41) is 8.45. The van der Waals surface area contributed by atoms with Gasteiger partial charge >= 0.3 is 6.09 Å². The molecule has 0 rings (SSSR count). The van der Waals surface area contributed by atoms with Crippen LogP contribution in [0.1, 0.15) is 19.8 Å². The quantitative estimate of drug-likeness (QED) is 0.530. The van der Waals surface area contributed by atoms with Crippen molar-refractivity contribution in [2.75, 3.05) is 33.0 Å². The van der Waals surface area contributed by atoms with Crippen molar-refractivity contribution in [2.24, 2.45) is 5.73 Å². The van der Waals surface area contributed by atoms with Gasteiger partial charge in [0.2, 0.25) is 0 Å². The minimum Gasteiger partial charge on any atom is -0.450 e. The van der Waals surface area contributed by atoms with Gasteiger partial charge in [0, 0.05) is 0 Å². The van der Waals surface area contributed by atoms with Gasteiger partial charge in [-0.25, -0.2) is 4.79 Å². The number of carbonyl (C=O) groups excluding carboxylic acids is 1. The molecule has 0 bridgehead atoms. The molecule has 0 fully saturated rings. The minimum atomic E-state index is -0.744. The zero-order valence-corrected chi connectivity index (χ0v) is 9.68. The van der Waals surface area contributed by atoms with E-state index in [2.05, 4.69) is 4.74 Å². The average Bonchev–Trinajstić information content (AvgIpc) is 2.24. The van der Waals surface area contributed by atoms with Crippen LogP contribution in [-0.4, -0.2) is 50.3 Å². The summed E-state index contributed by atoms with van der Waals surface area (Å²) in [4.78, 5) is 10.2. The Morgan fingerprint density at radius 1 is 1.31 bits per heavy atom. The zero-order valence-electron chi connectivity index (χ0n) is 9.68. The second-order valence-corrected chi connectivity index (χ2v) is 3.33. The molecule has 0 spiro atoms. The van der Waals surface area contributed by atoms with E-state index in [1.165, 1.54) is 0 Å². The summed E-state index contributed by atoms with van der Waals surface area (Å²) >= 11 is 0. The molecule has 0 aliphatic carbocycles. The summed E-state index contributed by atoms with van der Waals surface area (Å²) in [7, 11) is 0. The fraction of sp³-hybridized carbons (Fsp3) is 0.900. The highest BCUT2D eigenvalue weighted by atomic mass is 16.5. The van der Waals surface area contributed by atoms with Crippen LogP contribution in [-0.2, 0) is 14.2 Å². The van der Waals surface area contributed by atoms with E-state index in [0.29, 0.717) is 26.4 Å². The van der Waals surface area contributed by atoms with Gasteiger partial charge < -0.3 is 25.1 Å². The van der Waals surface area contributed by atoms with E-state index < -0.39 is 6.09 Å². The predicted octanol–water partition coefficient (Wildman–Crippen LogP) is 0.276. The highest BCUT2D eigenvalue weighted by Crippen LogP contribution is 2.01. The van der Waals surface area contributed by atoms with Crippen molar-refractivity contribution in [3.05, 3.63) is 0 Å². The minimum absolute atomic E-state index is 0.0278. The van der Waals surface area contributed by atoms with Crippen molar-refractivity contribution in [1.82, 2.24) is 0 Å². The Hall–Kier alpha value is -0.850. The van der Waals surface area contributed by atoms with Crippen molar-refractivity contribution >= 4 is 6.09 Å². The molecule has 1 atom stereocenters. The molecular weight excluding hydrogens is 214 g/mol. The Bertz CT molecular complexity index is 177. The second kappa shape index (κ2) is 10.7. The van der Waals surface area contributed by atoms with Gasteiger partial charge in [-0.15, -0.1) is 0 Å². The van der Waals surface area contributed by atoms with Crippen molar-refractivity contribution in [3.63, 3.8) is 0 Å². The zero-order chi connectivity index (χ0) is 12.2. The van der Waals surface area contributed by atoms with Gasteiger partial charge in [-0.05, 0) is 19.8 Å². The van der Waals surface area contributed by atoms with E-state index in [-0.39, 0.29) is 12.7 Å². The van der Waals surface area contributed by atoms with Crippen molar-refractivity contribution in [1.29, 1.82) is 0 Å². The molecule has 96 valence electrons. The van der Waals surface area contributed by atoms with Crippen LogP contribution in [0.5, 0.6) is 0 Å². The summed E-state index contributed by atoms with van der Waals surface area (Å²) in [6, 6.07) is 0. The van der Waals surface area contributed by atoms with E-state index in [1.54, 1.807) is 0 Å². The first-order valence-corrected chi connectivity index (χ1v) is 5.39. The lowest BCUT2D eigenvalue weighted by Gasteiger charge is -2.12. The van der Waals surface area contributed by atoms with Gasteiger partial charge in [0.15, 0.2) is 0 Å². The van der Waals surface area contributed by atoms with Gasteiger partial charge in [-0.1, -0.05) is 0 Å². The number of rotatable bonds is 10.